The Morgan fingerprint density at radius 1 is 0.875 bits per heavy atom. The van der Waals surface area contributed by atoms with E-state index in [1.807, 2.05) is 72.0 Å². The molecule has 5 aromatic rings. The molecule has 6 nitrogen and oxygen atoms in total. The third kappa shape index (κ3) is 4.55. The summed E-state index contributed by atoms with van der Waals surface area (Å²) in [6, 6.07) is 27.6. The lowest BCUT2D eigenvalue weighted by Crippen LogP contribution is -2.39. The molecule has 0 unspecified atom stereocenters. The summed E-state index contributed by atoms with van der Waals surface area (Å²) in [5.74, 6) is -2.55. The highest BCUT2D eigenvalue weighted by Crippen LogP contribution is 2.40. The molecule has 1 aliphatic heterocycles. The standard InChI is InChI=1S/C31H21F3N4O2/c32-31(33,34)30(40)36-18-23-17-25-27(19-8-3-1-4-9-19)28(20-10-5-2-6-11-20)37-38(25)29(39)26(23)22-13-14-24-21(16-22)12-7-15-35-24/h1-16H,17-18H2,(H,36,40). The Kier molecular flexibility index (Phi) is 6.26. The van der Waals surface area contributed by atoms with Crippen molar-refractivity contribution in [1.82, 2.24) is 20.1 Å². The quantitative estimate of drug-likeness (QED) is 0.294. The maximum absolute atomic E-state index is 14.1. The maximum Gasteiger partial charge on any atom is 0.471 e. The van der Waals surface area contributed by atoms with Gasteiger partial charge in [0.05, 0.1) is 16.8 Å². The van der Waals surface area contributed by atoms with Crippen molar-refractivity contribution in [2.24, 2.45) is 0 Å². The molecule has 0 spiro atoms. The van der Waals surface area contributed by atoms with Gasteiger partial charge in [-0.05, 0) is 34.9 Å². The zero-order chi connectivity index (χ0) is 27.9. The van der Waals surface area contributed by atoms with E-state index in [9.17, 15) is 22.8 Å². The van der Waals surface area contributed by atoms with Crippen LogP contribution >= 0.6 is 0 Å². The fraction of sp³-hybridized carbons (Fsp3) is 0.0968. The number of rotatable bonds is 5. The van der Waals surface area contributed by atoms with Crippen molar-refractivity contribution in [2.45, 2.75) is 12.6 Å². The Hall–Kier alpha value is -5.05. The second-order valence-corrected chi connectivity index (χ2v) is 9.37. The Morgan fingerprint density at radius 2 is 1.57 bits per heavy atom. The number of halogens is 3. The van der Waals surface area contributed by atoms with Crippen LogP contribution < -0.4 is 5.32 Å². The van der Waals surface area contributed by atoms with Gasteiger partial charge in [0.25, 0.3) is 5.91 Å². The van der Waals surface area contributed by atoms with Crippen LogP contribution in [0.1, 0.15) is 16.1 Å². The van der Waals surface area contributed by atoms with Gasteiger partial charge in [-0.2, -0.15) is 23.0 Å². The molecule has 1 N–H and O–H groups in total. The number of carbonyl (C=O) groups is 2. The lowest BCUT2D eigenvalue weighted by atomic mass is 9.89. The van der Waals surface area contributed by atoms with Gasteiger partial charge in [-0.1, -0.05) is 72.8 Å². The van der Waals surface area contributed by atoms with Crippen LogP contribution in [0.3, 0.4) is 0 Å². The first-order valence-electron chi connectivity index (χ1n) is 12.5. The molecule has 0 saturated carbocycles. The minimum absolute atomic E-state index is 0.106. The number of allylic oxidation sites excluding steroid dienone is 1. The number of alkyl halides is 3. The smallest absolute Gasteiger partial charge is 0.344 e. The topological polar surface area (TPSA) is 76.9 Å². The highest BCUT2D eigenvalue weighted by molar-refractivity contribution is 6.23. The SMILES string of the molecule is O=C1C(c2ccc3ncccc3c2)=C(CNC(=O)C(F)(F)F)Cc2c(-c3ccccc3)c(-c3ccccc3)nn21. The van der Waals surface area contributed by atoms with Gasteiger partial charge < -0.3 is 5.32 Å². The van der Waals surface area contributed by atoms with Crippen LogP contribution in [0.15, 0.2) is 103 Å². The molecule has 0 aliphatic carbocycles. The van der Waals surface area contributed by atoms with Crippen molar-refractivity contribution in [3.05, 3.63) is 114 Å². The number of aromatic nitrogens is 3. The van der Waals surface area contributed by atoms with Gasteiger partial charge in [0.1, 0.15) is 5.69 Å². The number of benzene rings is 3. The third-order valence-electron chi connectivity index (χ3n) is 6.84. The largest absolute Gasteiger partial charge is 0.471 e. The lowest BCUT2D eigenvalue weighted by Gasteiger charge is -2.23. The van der Waals surface area contributed by atoms with Crippen LogP contribution in [-0.4, -0.2) is 39.3 Å². The molecular weight excluding hydrogens is 517 g/mol. The first-order valence-corrected chi connectivity index (χ1v) is 12.5. The summed E-state index contributed by atoms with van der Waals surface area (Å²) in [6.07, 6.45) is -3.29. The molecule has 198 valence electrons. The summed E-state index contributed by atoms with van der Waals surface area (Å²) < 4.78 is 40.6. The summed E-state index contributed by atoms with van der Waals surface area (Å²) in [4.78, 5) is 30.2. The molecule has 3 aromatic carbocycles. The predicted octanol–water partition coefficient (Wildman–Crippen LogP) is 6.09. The number of amides is 1. The number of fused-ring (bicyclic) bond motifs is 2. The Morgan fingerprint density at radius 3 is 2.27 bits per heavy atom. The first-order chi connectivity index (χ1) is 19.3. The monoisotopic (exact) mass is 538 g/mol. The molecular formula is C31H21F3N4O2. The molecule has 2 aromatic heterocycles. The molecule has 6 rings (SSSR count). The van der Waals surface area contributed by atoms with Gasteiger partial charge in [-0.3, -0.25) is 14.6 Å². The number of carbonyl (C=O) groups excluding carboxylic acids is 2. The first kappa shape index (κ1) is 25.2. The van der Waals surface area contributed by atoms with Crippen molar-refractivity contribution in [3.8, 4) is 22.4 Å². The fourth-order valence-corrected chi connectivity index (χ4v) is 5.03. The van der Waals surface area contributed by atoms with Crippen molar-refractivity contribution in [1.29, 1.82) is 0 Å². The maximum atomic E-state index is 14.1. The molecule has 1 amide bonds. The number of hydrogen-bond donors (Lipinski definition) is 1. The van der Waals surface area contributed by atoms with Crippen LogP contribution in [-0.2, 0) is 11.2 Å². The molecule has 40 heavy (non-hydrogen) atoms. The molecule has 0 fully saturated rings. The average Bonchev–Trinajstić information content (AvgIpc) is 3.36. The van der Waals surface area contributed by atoms with Gasteiger partial charge in [0.2, 0.25) is 0 Å². The van der Waals surface area contributed by atoms with E-state index in [2.05, 4.69) is 4.98 Å². The van der Waals surface area contributed by atoms with Crippen LogP contribution in [0.4, 0.5) is 13.2 Å². The van der Waals surface area contributed by atoms with Gasteiger partial charge in [-0.15, -0.1) is 0 Å². The molecule has 3 heterocycles. The van der Waals surface area contributed by atoms with Crippen LogP contribution in [0.2, 0.25) is 0 Å². The average molecular weight is 539 g/mol. The van der Waals surface area contributed by atoms with E-state index in [-0.39, 0.29) is 12.0 Å². The highest BCUT2D eigenvalue weighted by Gasteiger charge is 2.39. The summed E-state index contributed by atoms with van der Waals surface area (Å²) in [7, 11) is 0. The van der Waals surface area contributed by atoms with Gasteiger partial charge >= 0.3 is 12.1 Å². The molecule has 0 radical (unpaired) electrons. The van der Waals surface area contributed by atoms with E-state index in [1.165, 1.54) is 4.68 Å². The van der Waals surface area contributed by atoms with E-state index >= 15 is 0 Å². The second kappa shape index (κ2) is 9.92. The highest BCUT2D eigenvalue weighted by atomic mass is 19.4. The molecule has 0 saturated heterocycles. The lowest BCUT2D eigenvalue weighted by molar-refractivity contribution is -0.173. The predicted molar refractivity (Wildman–Crippen MR) is 145 cm³/mol. The van der Waals surface area contributed by atoms with Crippen LogP contribution in [0, 0.1) is 0 Å². The van der Waals surface area contributed by atoms with E-state index in [4.69, 9.17) is 5.10 Å². The minimum atomic E-state index is -5.05. The molecule has 0 atom stereocenters. The summed E-state index contributed by atoms with van der Waals surface area (Å²) in [5.41, 5.74) is 5.20. The number of pyridine rings is 1. The Labute approximate surface area is 226 Å². The van der Waals surface area contributed by atoms with Crippen LogP contribution in [0.25, 0.3) is 38.9 Å². The third-order valence-corrected chi connectivity index (χ3v) is 6.84. The molecule has 9 heteroatoms. The van der Waals surface area contributed by atoms with E-state index in [1.54, 1.807) is 30.5 Å². The van der Waals surface area contributed by atoms with Crippen molar-refractivity contribution in [2.75, 3.05) is 6.54 Å². The number of hydrogen-bond acceptors (Lipinski definition) is 4. The van der Waals surface area contributed by atoms with E-state index in [0.29, 0.717) is 33.6 Å². The normalized spacial score (nSPS) is 13.4. The Balaban J connectivity index is 1.54. The van der Waals surface area contributed by atoms with Crippen molar-refractivity contribution in [3.63, 3.8) is 0 Å². The second-order valence-electron chi connectivity index (χ2n) is 9.37. The van der Waals surface area contributed by atoms with Gasteiger partial charge in [0.15, 0.2) is 0 Å². The summed E-state index contributed by atoms with van der Waals surface area (Å²) in [5, 5.41) is 7.47. The number of nitrogens with zero attached hydrogens (tertiary/aromatic N) is 3. The summed E-state index contributed by atoms with van der Waals surface area (Å²) in [6.45, 7) is -0.454. The van der Waals surface area contributed by atoms with Gasteiger partial charge in [0, 0.05) is 35.7 Å². The zero-order valence-corrected chi connectivity index (χ0v) is 20.9. The van der Waals surface area contributed by atoms with E-state index in [0.717, 1.165) is 16.5 Å². The summed E-state index contributed by atoms with van der Waals surface area (Å²) >= 11 is 0. The molecule has 0 bridgehead atoms. The van der Waals surface area contributed by atoms with Crippen LogP contribution in [0.5, 0.6) is 0 Å². The minimum Gasteiger partial charge on any atom is -0.344 e. The Bertz CT molecular complexity index is 1790. The fourth-order valence-electron chi connectivity index (χ4n) is 5.03. The molecule has 1 aliphatic rings. The van der Waals surface area contributed by atoms with Gasteiger partial charge in [-0.25, -0.2) is 0 Å². The zero-order valence-electron chi connectivity index (χ0n) is 20.9. The number of nitrogens with one attached hydrogen (secondary N) is 1. The van der Waals surface area contributed by atoms with Crippen molar-refractivity contribution >= 4 is 28.3 Å². The van der Waals surface area contributed by atoms with E-state index < -0.39 is 24.5 Å². The van der Waals surface area contributed by atoms with Crippen molar-refractivity contribution < 1.29 is 22.8 Å².